The van der Waals surface area contributed by atoms with Crippen molar-refractivity contribution in [1.82, 2.24) is 9.88 Å². The Morgan fingerprint density at radius 2 is 2.00 bits per heavy atom. The molecule has 2 heterocycles. The molecule has 8 heteroatoms. The van der Waals surface area contributed by atoms with Crippen LogP contribution in [0.5, 0.6) is 11.5 Å². The van der Waals surface area contributed by atoms with Gasteiger partial charge in [-0.3, -0.25) is 9.78 Å². The molecule has 1 aromatic heterocycles. The van der Waals surface area contributed by atoms with Gasteiger partial charge in [-0.1, -0.05) is 11.6 Å². The molecule has 142 valence electrons. The number of carbonyl (C=O) groups excluding carboxylic acids is 1. The molecule has 0 radical (unpaired) electrons. The summed E-state index contributed by atoms with van der Waals surface area (Å²) in [6, 6.07) is 8.80. The zero-order chi connectivity index (χ0) is 17.1. The first-order valence-corrected chi connectivity index (χ1v) is 8.34. The van der Waals surface area contributed by atoms with E-state index in [1.165, 1.54) is 0 Å². The standard InChI is InChI=1S/C18H20ClN3O2.2ClH/c1-12-8-13(10-20)11-22(12)18(23)14-2-3-17(16(19)9-14)24-15-4-6-21-7-5-15;;/h2-7,9,12-13H,8,10-11,20H2,1H3;2*1H. The van der Waals surface area contributed by atoms with Gasteiger partial charge in [0.2, 0.25) is 0 Å². The average molecular weight is 419 g/mol. The second-order valence-electron chi connectivity index (χ2n) is 6.07. The Morgan fingerprint density at radius 3 is 2.58 bits per heavy atom. The Balaban J connectivity index is 0.00000169. The summed E-state index contributed by atoms with van der Waals surface area (Å²) in [5, 5.41) is 0.403. The van der Waals surface area contributed by atoms with Crippen LogP contribution in [0.1, 0.15) is 23.7 Å². The van der Waals surface area contributed by atoms with E-state index in [0.717, 1.165) is 6.42 Å². The number of carbonyl (C=O) groups is 1. The number of halogens is 3. The number of pyridine rings is 1. The van der Waals surface area contributed by atoms with Gasteiger partial charge in [-0.15, -0.1) is 24.8 Å². The predicted molar refractivity (Wildman–Crippen MR) is 108 cm³/mol. The third-order valence-electron chi connectivity index (χ3n) is 4.31. The molecule has 1 aliphatic rings. The molecule has 0 aliphatic carbocycles. The Kier molecular flexibility index (Phi) is 8.63. The first-order valence-electron chi connectivity index (χ1n) is 7.97. The molecule has 1 aliphatic heterocycles. The lowest BCUT2D eigenvalue weighted by Crippen LogP contribution is -2.34. The molecule has 3 rings (SSSR count). The number of hydrogen-bond donors (Lipinski definition) is 1. The lowest BCUT2D eigenvalue weighted by Gasteiger charge is -2.22. The van der Waals surface area contributed by atoms with Crippen LogP contribution in [0.25, 0.3) is 0 Å². The number of likely N-dealkylation sites (tertiary alicyclic amines) is 1. The maximum atomic E-state index is 12.7. The number of benzene rings is 1. The first kappa shape index (κ1) is 22.5. The van der Waals surface area contributed by atoms with E-state index in [0.29, 0.717) is 41.1 Å². The number of amides is 1. The molecule has 1 saturated heterocycles. The van der Waals surface area contributed by atoms with Crippen LogP contribution in [0, 0.1) is 5.92 Å². The highest BCUT2D eigenvalue weighted by Gasteiger charge is 2.32. The summed E-state index contributed by atoms with van der Waals surface area (Å²) in [4.78, 5) is 18.5. The third kappa shape index (κ3) is 5.01. The second kappa shape index (κ2) is 9.97. The van der Waals surface area contributed by atoms with Gasteiger partial charge in [0.05, 0.1) is 5.02 Å². The van der Waals surface area contributed by atoms with Crippen molar-refractivity contribution < 1.29 is 9.53 Å². The second-order valence-corrected chi connectivity index (χ2v) is 6.48. The molecular formula is C18H22Cl3N3O2. The lowest BCUT2D eigenvalue weighted by atomic mass is 10.1. The van der Waals surface area contributed by atoms with Crippen molar-refractivity contribution in [1.29, 1.82) is 0 Å². The predicted octanol–water partition coefficient (Wildman–Crippen LogP) is 4.18. The van der Waals surface area contributed by atoms with Gasteiger partial charge in [-0.25, -0.2) is 0 Å². The van der Waals surface area contributed by atoms with Crippen LogP contribution in [0.3, 0.4) is 0 Å². The lowest BCUT2D eigenvalue weighted by molar-refractivity contribution is 0.0743. The molecule has 26 heavy (non-hydrogen) atoms. The number of hydrogen-bond acceptors (Lipinski definition) is 4. The highest BCUT2D eigenvalue weighted by Crippen LogP contribution is 2.31. The maximum Gasteiger partial charge on any atom is 0.254 e. The van der Waals surface area contributed by atoms with Crippen LogP contribution in [0.2, 0.25) is 5.02 Å². The fourth-order valence-electron chi connectivity index (χ4n) is 3.01. The van der Waals surface area contributed by atoms with Crippen LogP contribution in [-0.4, -0.2) is 34.9 Å². The third-order valence-corrected chi connectivity index (χ3v) is 4.61. The quantitative estimate of drug-likeness (QED) is 0.808. The monoisotopic (exact) mass is 417 g/mol. The van der Waals surface area contributed by atoms with Gasteiger partial charge in [0.1, 0.15) is 11.5 Å². The summed E-state index contributed by atoms with van der Waals surface area (Å²) >= 11 is 6.29. The molecule has 2 N–H and O–H groups in total. The Morgan fingerprint density at radius 1 is 1.31 bits per heavy atom. The normalized spacial score (nSPS) is 18.7. The summed E-state index contributed by atoms with van der Waals surface area (Å²) in [6.45, 7) is 3.35. The van der Waals surface area contributed by atoms with Gasteiger partial charge < -0.3 is 15.4 Å². The SMILES string of the molecule is CC1CC(CN)CN1C(=O)c1ccc(Oc2ccncc2)c(Cl)c1.Cl.Cl. The van der Waals surface area contributed by atoms with E-state index in [1.807, 2.05) is 4.90 Å². The van der Waals surface area contributed by atoms with Gasteiger partial charge >= 0.3 is 0 Å². The highest BCUT2D eigenvalue weighted by molar-refractivity contribution is 6.32. The van der Waals surface area contributed by atoms with Crippen molar-refractivity contribution in [3.63, 3.8) is 0 Å². The van der Waals surface area contributed by atoms with Crippen molar-refractivity contribution in [2.75, 3.05) is 13.1 Å². The van der Waals surface area contributed by atoms with Gasteiger partial charge in [0.25, 0.3) is 5.91 Å². The molecule has 0 spiro atoms. The fraction of sp³-hybridized carbons (Fsp3) is 0.333. The maximum absolute atomic E-state index is 12.7. The van der Waals surface area contributed by atoms with E-state index in [9.17, 15) is 4.79 Å². The molecule has 1 aromatic carbocycles. The summed E-state index contributed by atoms with van der Waals surface area (Å²) in [5.74, 6) is 1.50. The molecule has 0 saturated carbocycles. The molecule has 1 amide bonds. The minimum Gasteiger partial charge on any atom is -0.456 e. The fourth-order valence-corrected chi connectivity index (χ4v) is 3.23. The first-order chi connectivity index (χ1) is 11.6. The number of ether oxygens (including phenoxy) is 1. The Bertz CT molecular complexity index is 731. The van der Waals surface area contributed by atoms with E-state index in [4.69, 9.17) is 22.1 Å². The molecule has 5 nitrogen and oxygen atoms in total. The van der Waals surface area contributed by atoms with Gasteiger partial charge in [0.15, 0.2) is 0 Å². The Labute approximate surface area is 170 Å². The van der Waals surface area contributed by atoms with Crippen molar-refractivity contribution >= 4 is 42.3 Å². The van der Waals surface area contributed by atoms with Crippen LogP contribution in [0.4, 0.5) is 0 Å². The zero-order valence-electron chi connectivity index (χ0n) is 14.3. The van der Waals surface area contributed by atoms with Crippen LogP contribution in [-0.2, 0) is 0 Å². The van der Waals surface area contributed by atoms with Crippen molar-refractivity contribution in [2.24, 2.45) is 11.7 Å². The molecule has 2 aromatic rings. The van der Waals surface area contributed by atoms with Crippen LogP contribution < -0.4 is 10.5 Å². The summed E-state index contributed by atoms with van der Waals surface area (Å²) in [7, 11) is 0. The van der Waals surface area contributed by atoms with Crippen molar-refractivity contribution in [3.8, 4) is 11.5 Å². The van der Waals surface area contributed by atoms with E-state index < -0.39 is 0 Å². The smallest absolute Gasteiger partial charge is 0.254 e. The van der Waals surface area contributed by atoms with E-state index in [-0.39, 0.29) is 36.8 Å². The van der Waals surface area contributed by atoms with Crippen molar-refractivity contribution in [3.05, 3.63) is 53.3 Å². The largest absolute Gasteiger partial charge is 0.456 e. The minimum absolute atomic E-state index is 0. The van der Waals surface area contributed by atoms with E-state index in [1.54, 1.807) is 42.7 Å². The number of nitrogens with zero attached hydrogens (tertiary/aromatic N) is 2. The topological polar surface area (TPSA) is 68.5 Å². The van der Waals surface area contributed by atoms with Crippen LogP contribution in [0.15, 0.2) is 42.7 Å². The molecule has 1 fully saturated rings. The van der Waals surface area contributed by atoms with Gasteiger partial charge in [-0.05, 0) is 56.1 Å². The Hall–Kier alpha value is -1.53. The summed E-state index contributed by atoms with van der Waals surface area (Å²) in [6.07, 6.45) is 4.23. The van der Waals surface area contributed by atoms with E-state index >= 15 is 0 Å². The van der Waals surface area contributed by atoms with Gasteiger partial charge in [0, 0.05) is 30.5 Å². The number of aromatic nitrogens is 1. The molecular weight excluding hydrogens is 397 g/mol. The number of nitrogens with two attached hydrogens (primary N) is 1. The van der Waals surface area contributed by atoms with E-state index in [2.05, 4.69) is 11.9 Å². The number of rotatable bonds is 4. The zero-order valence-corrected chi connectivity index (χ0v) is 16.7. The van der Waals surface area contributed by atoms with Gasteiger partial charge in [-0.2, -0.15) is 0 Å². The molecule has 2 atom stereocenters. The summed E-state index contributed by atoms with van der Waals surface area (Å²) < 4.78 is 5.71. The highest BCUT2D eigenvalue weighted by atomic mass is 35.5. The minimum atomic E-state index is -0.0178. The average Bonchev–Trinajstić information content (AvgIpc) is 2.98. The summed E-state index contributed by atoms with van der Waals surface area (Å²) in [5.41, 5.74) is 6.30. The molecule has 2 unspecified atom stereocenters. The van der Waals surface area contributed by atoms with Crippen molar-refractivity contribution in [2.45, 2.75) is 19.4 Å². The molecule has 0 bridgehead atoms. The van der Waals surface area contributed by atoms with Crippen LogP contribution >= 0.6 is 36.4 Å².